The maximum Gasteiger partial charge on any atom is 0.410 e. The molecular formula is C25H27ClN5O4+. The Labute approximate surface area is 208 Å². The number of benzene rings is 1. The molecule has 4 unspecified atom stereocenters. The second kappa shape index (κ2) is 7.70. The van der Waals surface area contributed by atoms with Gasteiger partial charge >= 0.3 is 6.09 Å². The summed E-state index contributed by atoms with van der Waals surface area (Å²) in [4.78, 5) is 19.2. The maximum absolute atomic E-state index is 12.8. The number of anilines is 2. The smallest absolute Gasteiger partial charge is 0.410 e. The zero-order valence-corrected chi connectivity index (χ0v) is 20.6. The molecule has 1 spiro atoms. The molecule has 2 aliphatic heterocycles. The molecule has 4 fully saturated rings. The van der Waals surface area contributed by atoms with Gasteiger partial charge in [-0.15, -0.1) is 0 Å². The minimum absolute atomic E-state index is 0.0586. The van der Waals surface area contributed by atoms with Gasteiger partial charge in [0, 0.05) is 18.4 Å². The van der Waals surface area contributed by atoms with E-state index in [2.05, 4.69) is 16.4 Å². The number of hydrogen-bond acceptors (Lipinski definition) is 7. The highest BCUT2D eigenvalue weighted by molar-refractivity contribution is 6.33. The molecule has 3 heterocycles. The maximum atomic E-state index is 12.8. The lowest BCUT2D eigenvalue weighted by Gasteiger charge is -2.68. The fraction of sp³-hybridized carbons (Fsp3) is 0.520. The predicted molar refractivity (Wildman–Crippen MR) is 125 cm³/mol. The molecule has 2 aliphatic carbocycles. The van der Waals surface area contributed by atoms with Gasteiger partial charge in [0.05, 0.1) is 48.1 Å². The van der Waals surface area contributed by atoms with E-state index in [0.717, 1.165) is 18.4 Å². The van der Waals surface area contributed by atoms with E-state index in [1.807, 2.05) is 30.4 Å². The summed E-state index contributed by atoms with van der Waals surface area (Å²) in [5.74, 6) is 1.61. The van der Waals surface area contributed by atoms with Crippen molar-refractivity contribution in [1.82, 2.24) is 9.88 Å². The molecule has 6 rings (SSSR count). The number of ether oxygens (including phenoxy) is 3. The summed E-state index contributed by atoms with van der Waals surface area (Å²) in [6.45, 7) is 5.62. The number of amides is 1. The Balaban J connectivity index is 1.20. The number of rotatable bonds is 5. The van der Waals surface area contributed by atoms with E-state index in [1.54, 1.807) is 24.5 Å². The van der Waals surface area contributed by atoms with Crippen LogP contribution >= 0.6 is 11.6 Å². The van der Waals surface area contributed by atoms with Crippen LogP contribution in [0.5, 0.6) is 5.88 Å². The van der Waals surface area contributed by atoms with Crippen molar-refractivity contribution >= 4 is 29.2 Å². The molecule has 182 valence electrons. The Morgan fingerprint density at radius 3 is 2.91 bits per heavy atom. The molecule has 9 nitrogen and oxygen atoms in total. The predicted octanol–water partition coefficient (Wildman–Crippen LogP) is 3.25. The summed E-state index contributed by atoms with van der Waals surface area (Å²) in [5, 5.41) is 12.8. The molecule has 10 heteroatoms. The van der Waals surface area contributed by atoms with E-state index in [9.17, 15) is 4.79 Å². The summed E-state index contributed by atoms with van der Waals surface area (Å²) in [7, 11) is 1.89. The van der Waals surface area contributed by atoms with Crippen LogP contribution in [0.15, 0.2) is 24.5 Å². The molecule has 1 N–H and O–H groups in total. The number of nitrogens with one attached hydrogen (secondary N) is 1. The zero-order chi connectivity index (χ0) is 24.5. The zero-order valence-electron chi connectivity index (χ0n) is 19.9. The lowest BCUT2D eigenvalue weighted by molar-refractivity contribution is -0.682. The van der Waals surface area contributed by atoms with Crippen molar-refractivity contribution in [2.75, 3.05) is 25.1 Å². The van der Waals surface area contributed by atoms with Crippen LogP contribution in [0.2, 0.25) is 5.02 Å². The van der Waals surface area contributed by atoms with Crippen LogP contribution in [0.25, 0.3) is 0 Å². The molecule has 2 saturated heterocycles. The van der Waals surface area contributed by atoms with Crippen LogP contribution in [0.1, 0.15) is 30.9 Å². The third-order valence-corrected chi connectivity index (χ3v) is 8.37. The third-order valence-electron chi connectivity index (χ3n) is 8.05. The largest absolute Gasteiger partial charge is 0.458 e. The summed E-state index contributed by atoms with van der Waals surface area (Å²) < 4.78 is 20.0. The number of carbonyl (C=O) groups is 1. The molecule has 1 aromatic heterocycles. The molecule has 2 aromatic rings. The van der Waals surface area contributed by atoms with E-state index in [1.165, 1.54) is 0 Å². The lowest BCUT2D eigenvalue weighted by Crippen LogP contribution is -2.85. The van der Waals surface area contributed by atoms with Crippen molar-refractivity contribution in [3.63, 3.8) is 0 Å². The SMILES string of the molecule is Cc1c(Nc2ccc(C#N)cc2Cl)nc[n+](C)c1OC1C2COCC23C1CN3C(=O)OC1(C)CC1. The van der Waals surface area contributed by atoms with Crippen LogP contribution in [0, 0.1) is 30.1 Å². The first-order valence-corrected chi connectivity index (χ1v) is 12.2. The molecule has 1 amide bonds. The van der Waals surface area contributed by atoms with Crippen LogP contribution in [-0.2, 0) is 16.5 Å². The van der Waals surface area contributed by atoms with Gasteiger partial charge in [-0.25, -0.2) is 9.36 Å². The molecule has 35 heavy (non-hydrogen) atoms. The molecule has 0 radical (unpaired) electrons. The number of hydrogen-bond donors (Lipinski definition) is 1. The summed E-state index contributed by atoms with van der Waals surface area (Å²) in [6.07, 6.45) is 3.26. The first-order valence-electron chi connectivity index (χ1n) is 11.8. The van der Waals surface area contributed by atoms with Gasteiger partial charge < -0.3 is 19.5 Å². The average molecular weight is 497 g/mol. The van der Waals surface area contributed by atoms with Gasteiger partial charge in [-0.3, -0.25) is 4.90 Å². The number of nitrogens with zero attached hydrogens (tertiary/aromatic N) is 4. The van der Waals surface area contributed by atoms with Crippen molar-refractivity contribution in [1.29, 1.82) is 5.26 Å². The van der Waals surface area contributed by atoms with Gasteiger partial charge in [-0.1, -0.05) is 11.6 Å². The number of carbonyl (C=O) groups excluding carboxylic acids is 1. The van der Waals surface area contributed by atoms with Crippen LogP contribution in [0.3, 0.4) is 0 Å². The number of piperidine rings is 1. The average Bonchev–Trinajstić information content (AvgIpc) is 3.38. The molecule has 4 atom stereocenters. The minimum Gasteiger partial charge on any atom is -0.458 e. The number of likely N-dealkylation sites (tertiary alicyclic amines) is 1. The summed E-state index contributed by atoms with van der Waals surface area (Å²) in [6, 6.07) is 7.16. The molecule has 2 saturated carbocycles. The first-order chi connectivity index (χ1) is 16.8. The van der Waals surface area contributed by atoms with Gasteiger partial charge in [0.1, 0.15) is 17.3 Å². The van der Waals surface area contributed by atoms with Crippen molar-refractivity contribution in [2.45, 2.75) is 43.9 Å². The Hall–Kier alpha value is -3.09. The quantitative estimate of drug-likeness (QED) is 0.634. The lowest BCUT2D eigenvalue weighted by atomic mass is 9.51. The number of aromatic nitrogens is 2. The van der Waals surface area contributed by atoms with Gasteiger partial charge in [0.15, 0.2) is 0 Å². The van der Waals surface area contributed by atoms with Crippen molar-refractivity contribution in [3.05, 3.63) is 40.7 Å². The Bertz CT molecular complexity index is 1280. The Morgan fingerprint density at radius 2 is 2.20 bits per heavy atom. The van der Waals surface area contributed by atoms with E-state index >= 15 is 0 Å². The van der Waals surface area contributed by atoms with E-state index in [-0.39, 0.29) is 35.2 Å². The number of nitriles is 1. The fourth-order valence-corrected chi connectivity index (χ4v) is 5.88. The van der Waals surface area contributed by atoms with Crippen molar-refractivity contribution in [3.8, 4) is 11.9 Å². The van der Waals surface area contributed by atoms with Gasteiger partial charge in [-0.05, 0) is 49.9 Å². The summed E-state index contributed by atoms with van der Waals surface area (Å²) >= 11 is 6.35. The van der Waals surface area contributed by atoms with Crippen molar-refractivity contribution in [2.24, 2.45) is 18.9 Å². The van der Waals surface area contributed by atoms with E-state index in [4.69, 9.17) is 31.1 Å². The second-order valence-corrected chi connectivity index (χ2v) is 10.7. The molecular weight excluding hydrogens is 470 g/mol. The number of aryl methyl sites for hydroxylation is 1. The fourth-order valence-electron chi connectivity index (χ4n) is 5.65. The van der Waals surface area contributed by atoms with E-state index < -0.39 is 0 Å². The standard InChI is InChI=1S/C25H26ClN5O4/c1-14-21(29-19-5-4-15(9-27)8-18(19)26)28-13-30(3)22(14)34-20-16-10-31(23(32)35-24(2)6-7-24)25(16)12-33-11-17(20)25/h4-5,8,13,16-17,20H,6-7,10-12H2,1-3H3/p+1. The molecule has 0 bridgehead atoms. The normalized spacial score (nSPS) is 29.1. The third kappa shape index (κ3) is 3.34. The van der Waals surface area contributed by atoms with Crippen molar-refractivity contribution < 1.29 is 23.6 Å². The monoisotopic (exact) mass is 496 g/mol. The highest BCUT2D eigenvalue weighted by Crippen LogP contribution is 2.60. The Morgan fingerprint density at radius 1 is 1.40 bits per heavy atom. The summed E-state index contributed by atoms with van der Waals surface area (Å²) in [5.41, 5.74) is 1.38. The van der Waals surface area contributed by atoms with Gasteiger partial charge in [0.25, 0.3) is 18.0 Å². The van der Waals surface area contributed by atoms with Crippen LogP contribution in [0.4, 0.5) is 16.3 Å². The number of halogens is 1. The molecule has 1 aromatic carbocycles. The van der Waals surface area contributed by atoms with Crippen LogP contribution < -0.4 is 14.6 Å². The van der Waals surface area contributed by atoms with Gasteiger partial charge in [-0.2, -0.15) is 5.26 Å². The van der Waals surface area contributed by atoms with Gasteiger partial charge in [0.2, 0.25) is 0 Å². The highest BCUT2D eigenvalue weighted by Gasteiger charge is 2.77. The minimum atomic E-state index is -0.316. The topological polar surface area (TPSA) is 101 Å². The van der Waals surface area contributed by atoms with Crippen LogP contribution in [-0.4, -0.2) is 53.0 Å². The Kier molecular flexibility index (Phi) is 4.93. The highest BCUT2D eigenvalue weighted by atomic mass is 35.5. The molecule has 4 aliphatic rings. The van der Waals surface area contributed by atoms with E-state index in [0.29, 0.717) is 47.7 Å². The first kappa shape index (κ1) is 22.4. The second-order valence-electron chi connectivity index (χ2n) is 10.3.